The fraction of sp³-hybridized carbons (Fsp3) is 0.115. The molecule has 0 unspecified atom stereocenters. The summed E-state index contributed by atoms with van der Waals surface area (Å²) < 4.78 is 0.266. The molecule has 166 valence electrons. The van der Waals surface area contributed by atoms with Crippen molar-refractivity contribution >= 4 is 51.9 Å². The van der Waals surface area contributed by atoms with Gasteiger partial charge in [0.2, 0.25) is 0 Å². The van der Waals surface area contributed by atoms with E-state index in [0.29, 0.717) is 4.91 Å². The summed E-state index contributed by atoms with van der Waals surface area (Å²) in [6.45, 7) is 1.11. The molecule has 0 atom stereocenters. The van der Waals surface area contributed by atoms with Crippen LogP contribution in [0.3, 0.4) is 0 Å². The fourth-order valence-electron chi connectivity index (χ4n) is 3.55. The molecule has 1 fully saturated rings. The van der Waals surface area contributed by atoms with E-state index in [9.17, 15) is 9.59 Å². The normalized spacial score (nSPS) is 14.7. The Hall–Kier alpha value is -3.42. The van der Waals surface area contributed by atoms with Gasteiger partial charge in [0.1, 0.15) is 10.9 Å². The second kappa shape index (κ2) is 10.5. The first-order valence-electron chi connectivity index (χ1n) is 10.4. The Morgan fingerprint density at radius 3 is 1.97 bits per heavy atom. The highest BCUT2D eigenvalue weighted by molar-refractivity contribution is 8.26. The van der Waals surface area contributed by atoms with Gasteiger partial charge in [-0.1, -0.05) is 96.8 Å². The largest absolute Gasteiger partial charge is 0.480 e. The van der Waals surface area contributed by atoms with E-state index in [1.165, 1.54) is 11.1 Å². The molecule has 3 aromatic carbocycles. The van der Waals surface area contributed by atoms with Crippen LogP contribution in [0.5, 0.6) is 0 Å². The minimum absolute atomic E-state index is 0.266. The summed E-state index contributed by atoms with van der Waals surface area (Å²) in [5.74, 6) is -1.46. The maximum Gasteiger partial charge on any atom is 0.323 e. The molecule has 7 heteroatoms. The van der Waals surface area contributed by atoms with E-state index in [-0.39, 0.29) is 10.2 Å². The molecule has 33 heavy (non-hydrogen) atoms. The second-order valence-electron chi connectivity index (χ2n) is 7.58. The van der Waals surface area contributed by atoms with Crippen molar-refractivity contribution in [2.75, 3.05) is 11.4 Å². The van der Waals surface area contributed by atoms with Crippen LogP contribution in [0.15, 0.2) is 89.8 Å². The van der Waals surface area contributed by atoms with Crippen LogP contribution in [0.25, 0.3) is 6.08 Å². The summed E-state index contributed by atoms with van der Waals surface area (Å²) in [4.78, 5) is 27.4. The number of thioether (sulfide) groups is 1. The highest BCUT2D eigenvalue weighted by atomic mass is 32.2. The molecule has 1 N–H and O–H groups in total. The average Bonchev–Trinajstić information content (AvgIpc) is 3.07. The lowest BCUT2D eigenvalue weighted by molar-refractivity contribution is -0.140. The van der Waals surface area contributed by atoms with Gasteiger partial charge in [0.05, 0.1) is 4.91 Å². The smallest absolute Gasteiger partial charge is 0.323 e. The number of hydrogen-bond donors (Lipinski definition) is 1. The van der Waals surface area contributed by atoms with Crippen molar-refractivity contribution in [1.82, 2.24) is 4.90 Å². The third kappa shape index (κ3) is 5.88. The van der Waals surface area contributed by atoms with Gasteiger partial charge in [-0.3, -0.25) is 14.5 Å². The van der Waals surface area contributed by atoms with Crippen molar-refractivity contribution in [3.8, 4) is 0 Å². The zero-order valence-corrected chi connectivity index (χ0v) is 19.4. The number of amides is 1. The predicted octanol–water partition coefficient (Wildman–Crippen LogP) is 5.18. The van der Waals surface area contributed by atoms with Crippen LogP contribution >= 0.6 is 24.0 Å². The lowest BCUT2D eigenvalue weighted by Crippen LogP contribution is -2.33. The number of aliphatic carboxylic acids is 1. The Morgan fingerprint density at radius 2 is 1.45 bits per heavy atom. The first-order valence-corrected chi connectivity index (χ1v) is 11.6. The molecule has 0 radical (unpaired) electrons. The van der Waals surface area contributed by atoms with Crippen LogP contribution in [-0.2, 0) is 22.7 Å². The molecule has 0 bridgehead atoms. The van der Waals surface area contributed by atoms with Crippen molar-refractivity contribution in [2.45, 2.75) is 13.1 Å². The summed E-state index contributed by atoms with van der Waals surface area (Å²) in [5.41, 5.74) is 4.37. The summed E-state index contributed by atoms with van der Waals surface area (Å²) in [6.07, 6.45) is 1.75. The molecule has 0 aromatic heterocycles. The van der Waals surface area contributed by atoms with Crippen LogP contribution in [0.4, 0.5) is 5.69 Å². The van der Waals surface area contributed by atoms with Gasteiger partial charge in [-0.2, -0.15) is 0 Å². The summed E-state index contributed by atoms with van der Waals surface area (Å²) in [5, 5.41) is 8.99. The van der Waals surface area contributed by atoms with Crippen molar-refractivity contribution < 1.29 is 14.7 Å². The first-order chi connectivity index (χ1) is 16.0. The van der Waals surface area contributed by atoms with Gasteiger partial charge in [-0.25, -0.2) is 0 Å². The SMILES string of the molecule is O=C(O)CN1C(=O)/C(=C\c2ccc(N(Cc3ccccc3)Cc3ccccc3)cc2)SC1=S. The summed E-state index contributed by atoms with van der Waals surface area (Å²) in [7, 11) is 0. The highest BCUT2D eigenvalue weighted by Gasteiger charge is 2.33. The number of carbonyl (C=O) groups excluding carboxylic acids is 1. The van der Waals surface area contributed by atoms with E-state index in [0.717, 1.165) is 41.0 Å². The summed E-state index contributed by atoms with van der Waals surface area (Å²) >= 11 is 6.29. The van der Waals surface area contributed by atoms with E-state index < -0.39 is 12.5 Å². The van der Waals surface area contributed by atoms with E-state index in [1.807, 2.05) is 60.7 Å². The number of rotatable bonds is 8. The van der Waals surface area contributed by atoms with Gasteiger partial charge in [0, 0.05) is 18.8 Å². The van der Waals surface area contributed by atoms with Crippen LogP contribution in [-0.4, -0.2) is 32.7 Å². The molecule has 4 rings (SSSR count). The number of carbonyl (C=O) groups is 2. The highest BCUT2D eigenvalue weighted by Crippen LogP contribution is 2.32. The van der Waals surface area contributed by atoms with Crippen LogP contribution in [0.2, 0.25) is 0 Å². The molecule has 1 saturated heterocycles. The molecule has 5 nitrogen and oxygen atoms in total. The predicted molar refractivity (Wildman–Crippen MR) is 137 cm³/mol. The molecule has 1 amide bonds. The molecular weight excluding hydrogens is 452 g/mol. The Morgan fingerprint density at radius 1 is 0.909 bits per heavy atom. The van der Waals surface area contributed by atoms with Gasteiger partial charge in [0.15, 0.2) is 0 Å². The van der Waals surface area contributed by atoms with Gasteiger partial charge in [-0.15, -0.1) is 0 Å². The van der Waals surface area contributed by atoms with Crippen molar-refractivity contribution in [2.24, 2.45) is 0 Å². The summed E-state index contributed by atoms with van der Waals surface area (Å²) in [6, 6.07) is 28.7. The number of thiocarbonyl (C=S) groups is 1. The third-order valence-corrected chi connectivity index (χ3v) is 6.53. The van der Waals surface area contributed by atoms with Gasteiger partial charge >= 0.3 is 5.97 Å². The molecule has 0 aliphatic carbocycles. The molecule has 1 heterocycles. The minimum Gasteiger partial charge on any atom is -0.480 e. The number of hydrogen-bond acceptors (Lipinski definition) is 5. The topological polar surface area (TPSA) is 60.9 Å². The fourth-order valence-corrected chi connectivity index (χ4v) is 4.81. The van der Waals surface area contributed by atoms with Gasteiger partial charge in [0.25, 0.3) is 5.91 Å². The maximum absolute atomic E-state index is 12.5. The van der Waals surface area contributed by atoms with E-state index in [4.69, 9.17) is 17.3 Å². The Labute approximate surface area is 202 Å². The number of carboxylic acid groups (broad SMARTS) is 1. The lowest BCUT2D eigenvalue weighted by Gasteiger charge is -2.25. The van der Waals surface area contributed by atoms with Crippen molar-refractivity contribution in [3.05, 3.63) is 107 Å². The molecule has 0 spiro atoms. The van der Waals surface area contributed by atoms with Crippen LogP contribution in [0, 0.1) is 0 Å². The standard InChI is InChI=1S/C26H22N2O3S2/c29-24(30)18-28-25(31)23(33-26(28)32)15-19-11-13-22(14-12-19)27(16-20-7-3-1-4-8-20)17-21-9-5-2-6-10-21/h1-15H,16-18H2,(H,29,30)/b23-15+. The molecular formula is C26H22N2O3S2. The monoisotopic (exact) mass is 474 g/mol. The lowest BCUT2D eigenvalue weighted by atomic mass is 10.1. The quantitative estimate of drug-likeness (QED) is 0.359. The molecule has 0 saturated carbocycles. The molecule has 3 aromatic rings. The molecule has 1 aliphatic rings. The Kier molecular flexibility index (Phi) is 7.22. The van der Waals surface area contributed by atoms with Gasteiger partial charge < -0.3 is 10.0 Å². The van der Waals surface area contributed by atoms with Crippen LogP contribution < -0.4 is 4.90 Å². The van der Waals surface area contributed by atoms with E-state index in [1.54, 1.807) is 6.08 Å². The zero-order valence-electron chi connectivity index (χ0n) is 17.8. The minimum atomic E-state index is -1.09. The number of anilines is 1. The van der Waals surface area contributed by atoms with E-state index in [2.05, 4.69) is 29.2 Å². The third-order valence-electron chi connectivity index (χ3n) is 5.16. The van der Waals surface area contributed by atoms with E-state index >= 15 is 0 Å². The molecule has 1 aliphatic heterocycles. The number of carboxylic acids is 1. The van der Waals surface area contributed by atoms with Crippen molar-refractivity contribution in [1.29, 1.82) is 0 Å². The number of nitrogens with zero attached hydrogens (tertiary/aromatic N) is 2. The van der Waals surface area contributed by atoms with Crippen molar-refractivity contribution in [3.63, 3.8) is 0 Å². The Balaban J connectivity index is 1.55. The average molecular weight is 475 g/mol. The van der Waals surface area contributed by atoms with Crippen LogP contribution in [0.1, 0.15) is 16.7 Å². The van der Waals surface area contributed by atoms with Gasteiger partial charge in [-0.05, 0) is 34.9 Å². The number of benzene rings is 3. The second-order valence-corrected chi connectivity index (χ2v) is 9.26. The zero-order chi connectivity index (χ0) is 23.2. The maximum atomic E-state index is 12.5. The Bertz CT molecular complexity index is 1140. The first kappa shape index (κ1) is 22.8.